The SMILES string of the molecule is COC(=O)[C@H](N=[N+]=[N-])c1cc(OCc2ccccc2)c(OC)c(OCc2ccccc2)c1. The molecule has 3 rings (SSSR count). The minimum absolute atomic E-state index is 0.267. The van der Waals surface area contributed by atoms with Gasteiger partial charge in [0.25, 0.3) is 0 Å². The molecule has 0 aliphatic carbocycles. The summed E-state index contributed by atoms with van der Waals surface area (Å²) in [4.78, 5) is 15.0. The Bertz CT molecular complexity index is 1020. The van der Waals surface area contributed by atoms with Crippen LogP contribution in [0, 0.1) is 0 Å². The van der Waals surface area contributed by atoms with Gasteiger partial charge in [0, 0.05) is 4.91 Å². The maximum absolute atomic E-state index is 12.2. The van der Waals surface area contributed by atoms with Crippen molar-refractivity contribution in [3.63, 3.8) is 0 Å². The van der Waals surface area contributed by atoms with Crippen LogP contribution in [0.25, 0.3) is 10.4 Å². The van der Waals surface area contributed by atoms with Gasteiger partial charge in [0.15, 0.2) is 17.5 Å². The molecule has 0 aliphatic rings. The van der Waals surface area contributed by atoms with E-state index in [-0.39, 0.29) is 13.2 Å². The van der Waals surface area contributed by atoms with Gasteiger partial charge in [-0.05, 0) is 34.4 Å². The first kappa shape index (κ1) is 22.5. The molecule has 8 nitrogen and oxygen atoms in total. The molecule has 0 spiro atoms. The first-order valence-corrected chi connectivity index (χ1v) is 9.83. The molecule has 0 aliphatic heterocycles. The van der Waals surface area contributed by atoms with E-state index in [4.69, 9.17) is 24.5 Å². The number of ether oxygens (including phenoxy) is 4. The van der Waals surface area contributed by atoms with Crippen LogP contribution in [0.3, 0.4) is 0 Å². The van der Waals surface area contributed by atoms with E-state index < -0.39 is 12.0 Å². The van der Waals surface area contributed by atoms with Gasteiger partial charge in [-0.3, -0.25) is 4.79 Å². The zero-order valence-corrected chi connectivity index (χ0v) is 17.8. The molecule has 0 radical (unpaired) electrons. The molecule has 3 aromatic carbocycles. The van der Waals surface area contributed by atoms with E-state index in [0.29, 0.717) is 22.8 Å². The predicted octanol–water partition coefficient (Wildman–Crippen LogP) is 5.38. The molecule has 0 aromatic heterocycles. The molecule has 0 unspecified atom stereocenters. The van der Waals surface area contributed by atoms with Gasteiger partial charge in [0.05, 0.1) is 14.2 Å². The van der Waals surface area contributed by atoms with Crippen molar-refractivity contribution >= 4 is 5.97 Å². The van der Waals surface area contributed by atoms with Crippen molar-refractivity contribution in [3.05, 3.63) is 99.9 Å². The highest BCUT2D eigenvalue weighted by Crippen LogP contribution is 2.41. The van der Waals surface area contributed by atoms with Crippen LogP contribution < -0.4 is 14.2 Å². The Balaban J connectivity index is 1.99. The van der Waals surface area contributed by atoms with E-state index in [9.17, 15) is 4.79 Å². The maximum Gasteiger partial charge on any atom is 0.319 e. The first-order valence-electron chi connectivity index (χ1n) is 9.83. The lowest BCUT2D eigenvalue weighted by Gasteiger charge is -2.19. The van der Waals surface area contributed by atoms with Crippen molar-refractivity contribution in [2.75, 3.05) is 14.2 Å². The van der Waals surface area contributed by atoms with Crippen LogP contribution in [0.1, 0.15) is 22.7 Å². The number of benzene rings is 3. The molecular weight excluding hydrogens is 410 g/mol. The molecule has 32 heavy (non-hydrogen) atoms. The van der Waals surface area contributed by atoms with Gasteiger partial charge in [-0.15, -0.1) is 0 Å². The number of carbonyl (C=O) groups is 1. The zero-order valence-electron chi connectivity index (χ0n) is 17.8. The fraction of sp³-hybridized carbons (Fsp3) is 0.208. The van der Waals surface area contributed by atoms with E-state index in [1.807, 2.05) is 60.7 Å². The standard InChI is InChI=1S/C24H23N3O5/c1-29-23-20(31-15-17-9-5-3-6-10-17)13-19(22(26-27-25)24(28)30-2)14-21(23)32-16-18-11-7-4-8-12-18/h3-14,22H,15-16H2,1-2H3/t22-/m1/s1. The number of rotatable bonds is 10. The maximum atomic E-state index is 12.2. The zero-order chi connectivity index (χ0) is 22.8. The summed E-state index contributed by atoms with van der Waals surface area (Å²) in [6.07, 6.45) is 0. The quantitative estimate of drug-likeness (QED) is 0.185. The summed E-state index contributed by atoms with van der Waals surface area (Å²) < 4.78 is 22.4. The second-order valence-electron chi connectivity index (χ2n) is 6.73. The van der Waals surface area contributed by atoms with Crippen LogP contribution in [0.4, 0.5) is 0 Å². The fourth-order valence-corrected chi connectivity index (χ4v) is 3.05. The molecule has 0 saturated carbocycles. The van der Waals surface area contributed by atoms with E-state index >= 15 is 0 Å². The van der Waals surface area contributed by atoms with Crippen molar-refractivity contribution in [2.45, 2.75) is 19.3 Å². The Morgan fingerprint density at radius 3 is 1.81 bits per heavy atom. The number of hydrogen-bond acceptors (Lipinski definition) is 6. The minimum atomic E-state index is -1.20. The summed E-state index contributed by atoms with van der Waals surface area (Å²) in [6.45, 7) is 0.534. The first-order chi connectivity index (χ1) is 15.7. The number of azide groups is 1. The third kappa shape index (κ3) is 5.71. The van der Waals surface area contributed by atoms with E-state index in [1.165, 1.54) is 14.2 Å². The lowest BCUT2D eigenvalue weighted by Crippen LogP contribution is -2.12. The number of esters is 1. The Morgan fingerprint density at radius 2 is 1.41 bits per heavy atom. The summed E-state index contributed by atoms with van der Waals surface area (Å²) in [7, 11) is 2.73. The van der Waals surface area contributed by atoms with Crippen LogP contribution in [0.2, 0.25) is 0 Å². The Labute approximate surface area is 185 Å². The third-order valence-electron chi connectivity index (χ3n) is 4.63. The molecule has 0 heterocycles. The molecule has 3 aromatic rings. The summed E-state index contributed by atoms with van der Waals surface area (Å²) in [5.74, 6) is 0.360. The highest BCUT2D eigenvalue weighted by atomic mass is 16.5. The molecule has 1 atom stereocenters. The molecule has 8 heteroatoms. The van der Waals surface area contributed by atoms with Gasteiger partial charge < -0.3 is 18.9 Å². The Morgan fingerprint density at radius 1 is 0.906 bits per heavy atom. The van der Waals surface area contributed by atoms with Gasteiger partial charge in [-0.2, -0.15) is 0 Å². The van der Waals surface area contributed by atoms with E-state index in [1.54, 1.807) is 12.1 Å². The summed E-state index contributed by atoms with van der Waals surface area (Å²) in [5, 5.41) is 3.59. The number of nitrogens with zero attached hydrogens (tertiary/aromatic N) is 3. The second-order valence-corrected chi connectivity index (χ2v) is 6.73. The van der Waals surface area contributed by atoms with Gasteiger partial charge in [-0.1, -0.05) is 65.8 Å². The normalized spacial score (nSPS) is 11.1. The molecule has 164 valence electrons. The van der Waals surface area contributed by atoms with Crippen molar-refractivity contribution < 1.29 is 23.7 Å². The van der Waals surface area contributed by atoms with Gasteiger partial charge in [-0.25, -0.2) is 0 Å². The number of hydrogen-bond donors (Lipinski definition) is 0. The topological polar surface area (TPSA) is 103 Å². The van der Waals surface area contributed by atoms with Gasteiger partial charge in [0.2, 0.25) is 5.75 Å². The summed E-state index contributed by atoms with van der Waals surface area (Å²) in [5.41, 5.74) is 11.2. The lowest BCUT2D eigenvalue weighted by molar-refractivity contribution is -0.142. The molecule has 0 bridgehead atoms. The van der Waals surface area contributed by atoms with Crippen molar-refractivity contribution in [1.82, 2.24) is 0 Å². The van der Waals surface area contributed by atoms with Gasteiger partial charge in [0.1, 0.15) is 13.2 Å². The lowest BCUT2D eigenvalue weighted by atomic mass is 10.1. The molecule has 0 amide bonds. The summed E-state index contributed by atoms with van der Waals surface area (Å²) in [6, 6.07) is 21.2. The monoisotopic (exact) mass is 433 g/mol. The smallest absolute Gasteiger partial charge is 0.319 e. The van der Waals surface area contributed by atoms with Crippen molar-refractivity contribution in [2.24, 2.45) is 5.11 Å². The van der Waals surface area contributed by atoms with Crippen LogP contribution in [-0.4, -0.2) is 20.2 Å². The summed E-state index contributed by atoms with van der Waals surface area (Å²) >= 11 is 0. The number of carbonyl (C=O) groups excluding carboxylic acids is 1. The highest BCUT2D eigenvalue weighted by molar-refractivity contribution is 5.78. The second kappa shape index (κ2) is 11.3. The van der Waals surface area contributed by atoms with Crippen LogP contribution in [0.15, 0.2) is 77.9 Å². The highest BCUT2D eigenvalue weighted by Gasteiger charge is 2.25. The van der Waals surface area contributed by atoms with Crippen LogP contribution >= 0.6 is 0 Å². The van der Waals surface area contributed by atoms with Crippen LogP contribution in [0.5, 0.6) is 17.2 Å². The average molecular weight is 433 g/mol. The van der Waals surface area contributed by atoms with Gasteiger partial charge >= 0.3 is 5.97 Å². The Kier molecular flexibility index (Phi) is 7.95. The van der Waals surface area contributed by atoms with E-state index in [0.717, 1.165) is 11.1 Å². The van der Waals surface area contributed by atoms with Crippen molar-refractivity contribution in [3.8, 4) is 17.2 Å². The number of methoxy groups -OCH3 is 2. The minimum Gasteiger partial charge on any atom is -0.490 e. The third-order valence-corrected chi connectivity index (χ3v) is 4.63. The molecule has 0 N–H and O–H groups in total. The molecular formula is C24H23N3O5. The Hall–Kier alpha value is -4.16. The predicted molar refractivity (Wildman–Crippen MR) is 118 cm³/mol. The van der Waals surface area contributed by atoms with Crippen LogP contribution in [-0.2, 0) is 22.7 Å². The van der Waals surface area contributed by atoms with Crippen molar-refractivity contribution in [1.29, 1.82) is 0 Å². The fourth-order valence-electron chi connectivity index (χ4n) is 3.05. The molecule has 0 fully saturated rings. The largest absolute Gasteiger partial charge is 0.490 e. The molecule has 0 saturated heterocycles. The average Bonchev–Trinajstić information content (AvgIpc) is 2.85. The van der Waals surface area contributed by atoms with E-state index in [2.05, 4.69) is 10.0 Å².